The van der Waals surface area contributed by atoms with Crippen LogP contribution >= 0.6 is 0 Å². The standard InChI is InChI=1S/C13H12N2O3S/c14-12-9-5-4-8-11(12)13(16)15-19(17,18)10-6-2-1-3-7-10/h1-9H,14H2,(H,15,16). The molecule has 0 aliphatic carbocycles. The van der Waals surface area contributed by atoms with E-state index in [-0.39, 0.29) is 16.1 Å². The Morgan fingerprint density at radius 2 is 1.53 bits per heavy atom. The number of para-hydroxylation sites is 1. The minimum Gasteiger partial charge on any atom is -0.398 e. The summed E-state index contributed by atoms with van der Waals surface area (Å²) in [6.45, 7) is 0. The van der Waals surface area contributed by atoms with Crippen LogP contribution in [0.2, 0.25) is 0 Å². The number of nitrogens with one attached hydrogen (secondary N) is 1. The number of hydrogen-bond donors (Lipinski definition) is 2. The van der Waals surface area contributed by atoms with Crippen molar-refractivity contribution in [1.82, 2.24) is 4.72 Å². The van der Waals surface area contributed by atoms with Gasteiger partial charge in [-0.2, -0.15) is 0 Å². The van der Waals surface area contributed by atoms with Gasteiger partial charge in [0.25, 0.3) is 15.9 Å². The summed E-state index contributed by atoms with van der Waals surface area (Å²) in [5.74, 6) is -0.748. The van der Waals surface area contributed by atoms with Crippen LogP contribution < -0.4 is 10.5 Å². The molecule has 0 aliphatic heterocycles. The molecule has 0 aromatic heterocycles. The highest BCUT2D eigenvalue weighted by Gasteiger charge is 2.19. The first-order valence-corrected chi connectivity index (χ1v) is 6.96. The molecule has 3 N–H and O–H groups in total. The van der Waals surface area contributed by atoms with Crippen LogP contribution in [0.25, 0.3) is 0 Å². The molecule has 98 valence electrons. The van der Waals surface area contributed by atoms with Crippen molar-refractivity contribution in [2.75, 3.05) is 5.73 Å². The van der Waals surface area contributed by atoms with Gasteiger partial charge >= 0.3 is 0 Å². The number of carbonyl (C=O) groups excluding carboxylic acids is 1. The summed E-state index contributed by atoms with van der Waals surface area (Å²) >= 11 is 0. The van der Waals surface area contributed by atoms with Crippen LogP contribution in [0.1, 0.15) is 10.4 Å². The van der Waals surface area contributed by atoms with Crippen molar-refractivity contribution in [2.45, 2.75) is 4.90 Å². The zero-order chi connectivity index (χ0) is 13.9. The van der Waals surface area contributed by atoms with Crippen molar-refractivity contribution in [3.8, 4) is 0 Å². The quantitative estimate of drug-likeness (QED) is 0.829. The third-order valence-electron chi connectivity index (χ3n) is 2.49. The molecule has 2 aromatic carbocycles. The Balaban J connectivity index is 2.27. The van der Waals surface area contributed by atoms with Crippen molar-refractivity contribution in [3.05, 3.63) is 60.2 Å². The van der Waals surface area contributed by atoms with Gasteiger partial charge < -0.3 is 5.73 Å². The van der Waals surface area contributed by atoms with Crippen molar-refractivity contribution in [1.29, 1.82) is 0 Å². The Labute approximate surface area is 111 Å². The lowest BCUT2D eigenvalue weighted by Gasteiger charge is -2.08. The molecule has 0 aliphatic rings. The molecule has 0 saturated carbocycles. The summed E-state index contributed by atoms with van der Waals surface area (Å²) in [4.78, 5) is 11.9. The van der Waals surface area contributed by atoms with E-state index in [1.165, 1.54) is 24.3 Å². The number of amides is 1. The lowest BCUT2D eigenvalue weighted by Crippen LogP contribution is -2.31. The molecular formula is C13H12N2O3S. The van der Waals surface area contributed by atoms with Crippen molar-refractivity contribution >= 4 is 21.6 Å². The maximum atomic E-state index is 12.0. The fourth-order valence-corrected chi connectivity index (χ4v) is 2.53. The predicted octanol–water partition coefficient (Wildman–Crippen LogP) is 1.39. The summed E-state index contributed by atoms with van der Waals surface area (Å²) in [7, 11) is -3.88. The minimum atomic E-state index is -3.88. The Kier molecular flexibility index (Phi) is 3.52. The number of rotatable bonds is 3. The maximum absolute atomic E-state index is 12.0. The van der Waals surface area contributed by atoms with E-state index in [0.717, 1.165) is 0 Å². The van der Waals surface area contributed by atoms with E-state index >= 15 is 0 Å². The molecule has 6 heteroatoms. The molecule has 0 unspecified atom stereocenters. The number of benzene rings is 2. The molecule has 0 saturated heterocycles. The topological polar surface area (TPSA) is 89.3 Å². The van der Waals surface area contributed by atoms with E-state index in [1.54, 1.807) is 30.3 Å². The summed E-state index contributed by atoms with van der Waals surface area (Å²) in [5.41, 5.74) is 5.98. The lowest BCUT2D eigenvalue weighted by atomic mass is 10.2. The molecule has 0 heterocycles. The van der Waals surface area contributed by atoms with Gasteiger partial charge in [0.15, 0.2) is 0 Å². The van der Waals surface area contributed by atoms with Gasteiger partial charge in [0, 0.05) is 5.69 Å². The summed E-state index contributed by atoms with van der Waals surface area (Å²) in [6, 6.07) is 13.9. The molecule has 0 radical (unpaired) electrons. The average Bonchev–Trinajstić information content (AvgIpc) is 2.39. The highest BCUT2D eigenvalue weighted by atomic mass is 32.2. The van der Waals surface area contributed by atoms with Gasteiger partial charge in [-0.05, 0) is 24.3 Å². The number of sulfonamides is 1. The second kappa shape index (κ2) is 5.11. The van der Waals surface area contributed by atoms with Gasteiger partial charge in [-0.15, -0.1) is 0 Å². The van der Waals surface area contributed by atoms with E-state index in [1.807, 2.05) is 4.72 Å². The minimum absolute atomic E-state index is 0.0258. The molecule has 0 fully saturated rings. The molecule has 2 rings (SSSR count). The predicted molar refractivity (Wildman–Crippen MR) is 71.9 cm³/mol. The number of carbonyl (C=O) groups is 1. The van der Waals surface area contributed by atoms with Crippen LogP contribution in [0.5, 0.6) is 0 Å². The van der Waals surface area contributed by atoms with Crippen molar-refractivity contribution in [2.24, 2.45) is 0 Å². The molecule has 0 spiro atoms. The van der Waals surface area contributed by atoms with Gasteiger partial charge in [0.05, 0.1) is 10.5 Å². The van der Waals surface area contributed by atoms with E-state index in [0.29, 0.717) is 0 Å². The zero-order valence-electron chi connectivity index (χ0n) is 9.91. The highest BCUT2D eigenvalue weighted by Crippen LogP contribution is 2.13. The fraction of sp³-hybridized carbons (Fsp3) is 0. The van der Waals surface area contributed by atoms with Gasteiger partial charge in [0.1, 0.15) is 0 Å². The lowest BCUT2D eigenvalue weighted by molar-refractivity contribution is 0.0982. The first-order valence-electron chi connectivity index (χ1n) is 5.47. The largest absolute Gasteiger partial charge is 0.398 e. The van der Waals surface area contributed by atoms with Crippen LogP contribution in [0.4, 0.5) is 5.69 Å². The molecule has 19 heavy (non-hydrogen) atoms. The Morgan fingerprint density at radius 3 is 2.16 bits per heavy atom. The van der Waals surface area contributed by atoms with E-state index in [9.17, 15) is 13.2 Å². The monoisotopic (exact) mass is 276 g/mol. The van der Waals surface area contributed by atoms with Gasteiger partial charge in [-0.25, -0.2) is 13.1 Å². The fourth-order valence-electron chi connectivity index (χ4n) is 1.54. The van der Waals surface area contributed by atoms with Gasteiger partial charge in [-0.1, -0.05) is 30.3 Å². The van der Waals surface area contributed by atoms with E-state index in [2.05, 4.69) is 0 Å². The van der Waals surface area contributed by atoms with Crippen LogP contribution in [-0.4, -0.2) is 14.3 Å². The van der Waals surface area contributed by atoms with Crippen LogP contribution in [0, 0.1) is 0 Å². The smallest absolute Gasteiger partial charge is 0.267 e. The Morgan fingerprint density at radius 1 is 0.947 bits per heavy atom. The van der Waals surface area contributed by atoms with E-state index < -0.39 is 15.9 Å². The summed E-state index contributed by atoms with van der Waals surface area (Å²) in [6.07, 6.45) is 0. The Bertz CT molecular complexity index is 697. The third-order valence-corrected chi connectivity index (χ3v) is 3.83. The number of hydrogen-bond acceptors (Lipinski definition) is 4. The third kappa shape index (κ3) is 2.92. The first kappa shape index (κ1) is 13.1. The summed E-state index contributed by atoms with van der Waals surface area (Å²) in [5, 5.41) is 0. The molecule has 2 aromatic rings. The number of nitrogens with two attached hydrogens (primary N) is 1. The van der Waals surface area contributed by atoms with Crippen LogP contribution in [0.3, 0.4) is 0 Å². The van der Waals surface area contributed by atoms with Crippen LogP contribution in [-0.2, 0) is 10.0 Å². The normalized spacial score (nSPS) is 10.9. The van der Waals surface area contributed by atoms with Gasteiger partial charge in [-0.3, -0.25) is 4.79 Å². The van der Waals surface area contributed by atoms with Gasteiger partial charge in [0.2, 0.25) is 0 Å². The van der Waals surface area contributed by atoms with Crippen molar-refractivity contribution < 1.29 is 13.2 Å². The second-order valence-electron chi connectivity index (χ2n) is 3.83. The average molecular weight is 276 g/mol. The molecular weight excluding hydrogens is 264 g/mol. The first-order chi connectivity index (χ1) is 9.00. The molecule has 5 nitrogen and oxygen atoms in total. The Hall–Kier alpha value is -2.34. The van der Waals surface area contributed by atoms with E-state index in [4.69, 9.17) is 5.73 Å². The SMILES string of the molecule is Nc1ccccc1C(=O)NS(=O)(=O)c1ccccc1. The zero-order valence-corrected chi connectivity index (χ0v) is 10.7. The second-order valence-corrected chi connectivity index (χ2v) is 5.52. The molecule has 0 atom stereocenters. The molecule has 1 amide bonds. The van der Waals surface area contributed by atoms with Crippen LogP contribution in [0.15, 0.2) is 59.5 Å². The maximum Gasteiger partial charge on any atom is 0.267 e. The number of nitrogen functional groups attached to an aromatic ring is 1. The molecule has 0 bridgehead atoms. The van der Waals surface area contributed by atoms with Crippen molar-refractivity contribution in [3.63, 3.8) is 0 Å². The highest BCUT2D eigenvalue weighted by molar-refractivity contribution is 7.90. The number of anilines is 1. The summed E-state index contributed by atoms with van der Waals surface area (Å²) < 4.78 is 25.9.